The van der Waals surface area contributed by atoms with E-state index in [1.807, 2.05) is 13.8 Å². The van der Waals surface area contributed by atoms with Gasteiger partial charge in [-0.3, -0.25) is 0 Å². The van der Waals surface area contributed by atoms with Gasteiger partial charge in [-0.05, 0) is 45.8 Å². The molecule has 3 rings (SSSR count). The van der Waals surface area contributed by atoms with Gasteiger partial charge in [0.25, 0.3) is 0 Å². The molecular weight excluding hydrogens is 396 g/mol. The third kappa shape index (κ3) is 4.71. The minimum atomic E-state index is -2.09. The molecule has 4 atom stereocenters. The lowest BCUT2D eigenvalue weighted by atomic mass is 9.97. The van der Waals surface area contributed by atoms with Crippen LogP contribution in [0.25, 0.3) is 0 Å². The molecule has 3 heterocycles. The Bertz CT molecular complexity index is 639. The molecule has 0 bridgehead atoms. The Kier molecular flexibility index (Phi) is 5.78. The van der Waals surface area contributed by atoms with Gasteiger partial charge in [-0.15, -0.1) is 0 Å². The molecule has 168 valence electrons. The van der Waals surface area contributed by atoms with Crippen LogP contribution in [0.4, 0.5) is 0 Å². The number of carbonyl (C=O) groups excluding carboxylic acids is 1. The Labute approximate surface area is 174 Å². The van der Waals surface area contributed by atoms with Crippen molar-refractivity contribution in [3.05, 3.63) is 0 Å². The van der Waals surface area contributed by atoms with Crippen LogP contribution >= 0.6 is 0 Å². The van der Waals surface area contributed by atoms with Gasteiger partial charge in [0.15, 0.2) is 26.0 Å². The zero-order valence-corrected chi connectivity index (χ0v) is 20.1. The Balaban J connectivity index is 1.76. The fraction of sp³-hybridized carbons (Fsp3) is 0.950. The van der Waals surface area contributed by atoms with Gasteiger partial charge in [0.05, 0.1) is 6.61 Å². The van der Waals surface area contributed by atoms with Crippen LogP contribution in [0.1, 0.15) is 48.5 Å². The fourth-order valence-corrected chi connectivity index (χ4v) is 4.46. The van der Waals surface area contributed by atoms with Gasteiger partial charge >= 0.3 is 5.97 Å². The highest BCUT2D eigenvalue weighted by atomic mass is 28.4. The van der Waals surface area contributed by atoms with Crippen molar-refractivity contribution in [1.29, 1.82) is 0 Å². The van der Waals surface area contributed by atoms with Gasteiger partial charge in [0.1, 0.15) is 25.4 Å². The molecule has 1 spiro atoms. The summed E-state index contributed by atoms with van der Waals surface area (Å²) in [5, 5.41) is -0.00754. The molecule has 3 aliphatic rings. The number of hydrogen-bond acceptors (Lipinski definition) is 8. The third-order valence-electron chi connectivity index (χ3n) is 6.10. The van der Waals surface area contributed by atoms with E-state index in [0.717, 1.165) is 0 Å². The minimum absolute atomic E-state index is 0.00754. The standard InChI is InChI=1S/C20H36O8Si/c1-17(2,3)29(8,9)24-11-14(21)25-16-15-13(26-19(6,7)27-15)10-22-20(16)12-23-18(4,5)28-20/h13,15-16H,10-12H2,1-9H3/t13-,15-,16+,20+/m1/s1. The lowest BCUT2D eigenvalue weighted by Crippen LogP contribution is -2.63. The van der Waals surface area contributed by atoms with Crippen LogP contribution in [0.5, 0.6) is 0 Å². The van der Waals surface area contributed by atoms with E-state index < -0.39 is 43.9 Å². The summed E-state index contributed by atoms with van der Waals surface area (Å²) in [5.74, 6) is -3.38. The lowest BCUT2D eigenvalue weighted by Gasteiger charge is -2.43. The number of carbonyl (C=O) groups is 1. The average molecular weight is 433 g/mol. The predicted octanol–water partition coefficient (Wildman–Crippen LogP) is 2.95. The molecule has 0 aromatic rings. The van der Waals surface area contributed by atoms with Crippen LogP contribution < -0.4 is 0 Å². The van der Waals surface area contributed by atoms with Gasteiger partial charge in [0.2, 0.25) is 5.79 Å². The first-order valence-electron chi connectivity index (χ1n) is 10.2. The predicted molar refractivity (Wildman–Crippen MR) is 107 cm³/mol. The highest BCUT2D eigenvalue weighted by Crippen LogP contribution is 2.45. The van der Waals surface area contributed by atoms with Crippen molar-refractivity contribution in [2.45, 2.75) is 102 Å². The van der Waals surface area contributed by atoms with E-state index in [1.165, 1.54) is 0 Å². The zero-order valence-electron chi connectivity index (χ0n) is 19.1. The summed E-state index contributed by atoms with van der Waals surface area (Å²) in [6.45, 7) is 18.1. The van der Waals surface area contributed by atoms with E-state index in [9.17, 15) is 4.79 Å². The molecule has 0 amide bonds. The molecule has 3 aliphatic heterocycles. The van der Waals surface area contributed by atoms with Gasteiger partial charge in [-0.1, -0.05) is 20.8 Å². The van der Waals surface area contributed by atoms with Gasteiger partial charge in [0, 0.05) is 0 Å². The quantitative estimate of drug-likeness (QED) is 0.495. The maximum atomic E-state index is 12.8. The summed E-state index contributed by atoms with van der Waals surface area (Å²) < 4.78 is 41.7. The zero-order chi connectivity index (χ0) is 21.9. The van der Waals surface area contributed by atoms with Crippen molar-refractivity contribution < 1.29 is 37.6 Å². The molecule has 0 saturated carbocycles. The first kappa shape index (κ1) is 23.1. The minimum Gasteiger partial charge on any atom is -0.452 e. The molecule has 8 nitrogen and oxygen atoms in total. The number of fused-ring (bicyclic) bond motifs is 1. The second kappa shape index (κ2) is 7.25. The van der Waals surface area contributed by atoms with Crippen LogP contribution in [0, 0.1) is 0 Å². The summed E-state index contributed by atoms with van der Waals surface area (Å²) in [4.78, 5) is 12.8. The molecular formula is C20H36O8Si. The highest BCUT2D eigenvalue weighted by Gasteiger charge is 2.64. The number of hydrogen-bond donors (Lipinski definition) is 0. The molecule has 0 N–H and O–H groups in total. The molecule has 3 fully saturated rings. The maximum Gasteiger partial charge on any atom is 0.331 e. The molecule has 3 saturated heterocycles. The molecule has 0 radical (unpaired) electrons. The van der Waals surface area contributed by atoms with Crippen molar-refractivity contribution in [3.8, 4) is 0 Å². The average Bonchev–Trinajstić information content (AvgIpc) is 3.03. The Hall–Kier alpha value is -0.553. The van der Waals surface area contributed by atoms with Crippen molar-refractivity contribution in [2.75, 3.05) is 19.8 Å². The van der Waals surface area contributed by atoms with E-state index in [1.54, 1.807) is 13.8 Å². The smallest absolute Gasteiger partial charge is 0.331 e. The van der Waals surface area contributed by atoms with Crippen LogP contribution in [-0.4, -0.2) is 69.8 Å². The second-order valence-corrected chi connectivity index (χ2v) is 15.3. The van der Waals surface area contributed by atoms with Crippen LogP contribution in [0.2, 0.25) is 18.1 Å². The SMILES string of the molecule is CC1(C)O[C@@H]2[C@@H](CO[C@]3(COC(C)(C)O3)[C@H]2OC(=O)CO[Si](C)(C)C(C)(C)C)O1. The Morgan fingerprint density at radius 2 is 1.72 bits per heavy atom. The van der Waals surface area contributed by atoms with Crippen molar-refractivity contribution in [2.24, 2.45) is 0 Å². The van der Waals surface area contributed by atoms with Gasteiger partial charge in [-0.25, -0.2) is 4.79 Å². The topological polar surface area (TPSA) is 81.7 Å². The number of esters is 1. The van der Waals surface area contributed by atoms with E-state index in [4.69, 9.17) is 32.8 Å². The summed E-state index contributed by atoms with van der Waals surface area (Å²) >= 11 is 0. The van der Waals surface area contributed by atoms with E-state index >= 15 is 0 Å². The van der Waals surface area contributed by atoms with Crippen molar-refractivity contribution >= 4 is 14.3 Å². The van der Waals surface area contributed by atoms with E-state index in [-0.39, 0.29) is 31.0 Å². The van der Waals surface area contributed by atoms with Crippen molar-refractivity contribution in [3.63, 3.8) is 0 Å². The molecule has 9 heteroatoms. The summed E-state index contributed by atoms with van der Waals surface area (Å²) in [6.07, 6.45) is -1.71. The summed E-state index contributed by atoms with van der Waals surface area (Å²) in [6, 6.07) is 0. The number of ether oxygens (including phenoxy) is 6. The van der Waals surface area contributed by atoms with Gasteiger partial charge in [-0.2, -0.15) is 0 Å². The normalized spacial score (nSPS) is 36.2. The summed E-state index contributed by atoms with van der Waals surface area (Å²) in [7, 11) is -2.09. The van der Waals surface area contributed by atoms with Gasteiger partial charge < -0.3 is 32.8 Å². The molecule has 0 aromatic carbocycles. The molecule has 29 heavy (non-hydrogen) atoms. The van der Waals surface area contributed by atoms with Crippen molar-refractivity contribution in [1.82, 2.24) is 0 Å². The molecule has 0 aliphatic carbocycles. The highest BCUT2D eigenvalue weighted by molar-refractivity contribution is 6.74. The first-order valence-corrected chi connectivity index (χ1v) is 13.1. The summed E-state index contributed by atoms with van der Waals surface area (Å²) in [5.41, 5.74) is 0. The largest absolute Gasteiger partial charge is 0.452 e. The molecule has 0 aromatic heterocycles. The van der Waals surface area contributed by atoms with E-state index in [2.05, 4.69) is 33.9 Å². The van der Waals surface area contributed by atoms with Crippen LogP contribution in [0.15, 0.2) is 0 Å². The monoisotopic (exact) mass is 432 g/mol. The Morgan fingerprint density at radius 1 is 1.07 bits per heavy atom. The fourth-order valence-electron chi connectivity index (χ4n) is 3.55. The van der Waals surface area contributed by atoms with Crippen LogP contribution in [-0.2, 0) is 37.6 Å². The Morgan fingerprint density at radius 3 is 2.28 bits per heavy atom. The third-order valence-corrected chi connectivity index (χ3v) is 10.6. The first-order chi connectivity index (χ1) is 13.1. The maximum absolute atomic E-state index is 12.8. The lowest BCUT2D eigenvalue weighted by molar-refractivity contribution is -0.328. The second-order valence-electron chi connectivity index (χ2n) is 10.5. The van der Waals surface area contributed by atoms with E-state index in [0.29, 0.717) is 0 Å². The number of rotatable bonds is 4. The van der Waals surface area contributed by atoms with Crippen LogP contribution in [0.3, 0.4) is 0 Å². The molecule has 0 unspecified atom stereocenters.